The SMILES string of the molecule is Cc1nc2nc(C)c(N3CCC(OCc4ccccc4Cl)CC3)c(=O)n2[nH]1. The molecule has 0 radical (unpaired) electrons. The van der Waals surface area contributed by atoms with Crippen molar-refractivity contribution in [3.05, 3.63) is 56.7 Å². The standard InChI is InChI=1S/C19H22ClN5O2/c1-12-17(18(26)25-19(21-12)22-13(2)23-25)24-9-7-15(8-10-24)27-11-14-5-3-4-6-16(14)20/h3-6,15H,7-11H2,1-2H3,(H,21,22,23). The van der Waals surface area contributed by atoms with Crippen LogP contribution in [0.1, 0.15) is 29.9 Å². The maximum absolute atomic E-state index is 12.9. The fourth-order valence-corrected chi connectivity index (χ4v) is 3.74. The minimum atomic E-state index is -0.103. The number of benzene rings is 1. The summed E-state index contributed by atoms with van der Waals surface area (Å²) in [5.74, 6) is 1.08. The number of ether oxygens (including phenoxy) is 1. The Labute approximate surface area is 161 Å². The first-order chi connectivity index (χ1) is 13.0. The summed E-state index contributed by atoms with van der Waals surface area (Å²) in [6.07, 6.45) is 1.87. The van der Waals surface area contributed by atoms with E-state index in [2.05, 4.69) is 20.0 Å². The van der Waals surface area contributed by atoms with Gasteiger partial charge in [0, 0.05) is 18.1 Å². The van der Waals surface area contributed by atoms with E-state index in [9.17, 15) is 4.79 Å². The van der Waals surface area contributed by atoms with Crippen LogP contribution < -0.4 is 10.5 Å². The van der Waals surface area contributed by atoms with E-state index in [1.54, 1.807) is 0 Å². The molecule has 0 amide bonds. The molecule has 0 saturated carbocycles. The second kappa shape index (κ2) is 7.32. The normalized spacial score (nSPS) is 15.6. The number of aryl methyl sites for hydroxylation is 2. The lowest BCUT2D eigenvalue weighted by Gasteiger charge is -2.33. The molecule has 4 rings (SSSR count). The molecule has 3 heterocycles. The third-order valence-electron chi connectivity index (χ3n) is 4.95. The van der Waals surface area contributed by atoms with Crippen molar-refractivity contribution in [1.82, 2.24) is 19.6 Å². The van der Waals surface area contributed by atoms with Crippen molar-refractivity contribution < 1.29 is 4.74 Å². The molecule has 1 saturated heterocycles. The minimum absolute atomic E-state index is 0.103. The molecule has 1 aliphatic heterocycles. The van der Waals surface area contributed by atoms with Crippen molar-refractivity contribution in [2.24, 2.45) is 0 Å². The highest BCUT2D eigenvalue weighted by molar-refractivity contribution is 6.31. The van der Waals surface area contributed by atoms with E-state index in [1.807, 2.05) is 38.1 Å². The molecule has 142 valence electrons. The van der Waals surface area contributed by atoms with Crippen molar-refractivity contribution in [3.63, 3.8) is 0 Å². The van der Waals surface area contributed by atoms with Crippen molar-refractivity contribution in [2.75, 3.05) is 18.0 Å². The summed E-state index contributed by atoms with van der Waals surface area (Å²) in [6.45, 7) is 5.69. The second-order valence-electron chi connectivity index (χ2n) is 6.88. The molecular formula is C19H22ClN5O2. The lowest BCUT2D eigenvalue weighted by molar-refractivity contribution is 0.0251. The average molecular weight is 388 g/mol. The number of piperidine rings is 1. The molecule has 27 heavy (non-hydrogen) atoms. The van der Waals surface area contributed by atoms with Crippen LogP contribution in [0.3, 0.4) is 0 Å². The molecule has 1 fully saturated rings. The van der Waals surface area contributed by atoms with Crippen molar-refractivity contribution in [3.8, 4) is 0 Å². The molecule has 0 unspecified atom stereocenters. The Morgan fingerprint density at radius 1 is 1.22 bits per heavy atom. The number of fused-ring (bicyclic) bond motifs is 1. The fraction of sp³-hybridized carbons (Fsp3) is 0.421. The highest BCUT2D eigenvalue weighted by atomic mass is 35.5. The molecule has 8 heteroatoms. The Bertz CT molecular complexity index is 1020. The molecule has 1 aliphatic rings. The van der Waals surface area contributed by atoms with Gasteiger partial charge in [-0.3, -0.25) is 9.89 Å². The minimum Gasteiger partial charge on any atom is -0.373 e. The molecule has 7 nitrogen and oxygen atoms in total. The average Bonchev–Trinajstić information content (AvgIpc) is 3.02. The quantitative estimate of drug-likeness (QED) is 0.745. The summed E-state index contributed by atoms with van der Waals surface area (Å²) < 4.78 is 7.46. The highest BCUT2D eigenvalue weighted by Gasteiger charge is 2.25. The van der Waals surface area contributed by atoms with Gasteiger partial charge in [0.2, 0.25) is 0 Å². The van der Waals surface area contributed by atoms with Gasteiger partial charge in [-0.25, -0.2) is 4.98 Å². The van der Waals surface area contributed by atoms with E-state index in [4.69, 9.17) is 16.3 Å². The molecule has 0 bridgehead atoms. The second-order valence-corrected chi connectivity index (χ2v) is 7.29. The maximum atomic E-state index is 12.9. The van der Waals surface area contributed by atoms with Crippen molar-refractivity contribution in [1.29, 1.82) is 0 Å². The molecule has 0 atom stereocenters. The summed E-state index contributed by atoms with van der Waals surface area (Å²) in [6, 6.07) is 7.73. The molecule has 3 aromatic rings. The first-order valence-electron chi connectivity index (χ1n) is 9.09. The summed E-state index contributed by atoms with van der Waals surface area (Å²) in [5, 5.41) is 3.68. The molecule has 1 N–H and O–H groups in total. The third kappa shape index (κ3) is 3.57. The Morgan fingerprint density at radius 2 is 1.96 bits per heavy atom. The largest absolute Gasteiger partial charge is 0.373 e. The monoisotopic (exact) mass is 387 g/mol. The van der Waals surface area contributed by atoms with Crippen LogP contribution in [0.25, 0.3) is 5.78 Å². The molecule has 1 aromatic carbocycles. The van der Waals surface area contributed by atoms with Gasteiger partial charge in [0.25, 0.3) is 11.3 Å². The van der Waals surface area contributed by atoms with Gasteiger partial charge in [0.1, 0.15) is 11.5 Å². The number of H-pyrrole nitrogens is 1. The van der Waals surface area contributed by atoms with E-state index in [-0.39, 0.29) is 11.7 Å². The highest BCUT2D eigenvalue weighted by Crippen LogP contribution is 2.23. The summed E-state index contributed by atoms with van der Waals surface area (Å²) in [5.41, 5.74) is 2.25. The van der Waals surface area contributed by atoms with Crippen LogP contribution in [-0.4, -0.2) is 38.8 Å². The van der Waals surface area contributed by atoms with E-state index < -0.39 is 0 Å². The lowest BCUT2D eigenvalue weighted by atomic mass is 10.1. The molecular weight excluding hydrogens is 366 g/mol. The third-order valence-corrected chi connectivity index (χ3v) is 5.32. The summed E-state index contributed by atoms with van der Waals surface area (Å²) in [7, 11) is 0. The van der Waals surface area contributed by atoms with Gasteiger partial charge in [-0.05, 0) is 38.3 Å². The zero-order chi connectivity index (χ0) is 19.0. The molecule has 0 spiro atoms. The number of aromatic nitrogens is 4. The van der Waals surface area contributed by atoms with E-state index in [0.29, 0.717) is 29.6 Å². The number of aromatic amines is 1. The van der Waals surface area contributed by atoms with Crippen LogP contribution in [0.4, 0.5) is 5.69 Å². The number of hydrogen-bond acceptors (Lipinski definition) is 5. The lowest BCUT2D eigenvalue weighted by Crippen LogP contribution is -2.41. The van der Waals surface area contributed by atoms with Gasteiger partial charge in [0.15, 0.2) is 0 Å². The number of hydrogen-bond donors (Lipinski definition) is 1. The zero-order valence-corrected chi connectivity index (χ0v) is 16.2. The van der Waals surface area contributed by atoms with Crippen LogP contribution in [0.2, 0.25) is 5.02 Å². The number of anilines is 1. The Balaban J connectivity index is 1.44. The molecule has 2 aromatic heterocycles. The van der Waals surface area contributed by atoms with Crippen LogP contribution in [0.15, 0.2) is 29.1 Å². The van der Waals surface area contributed by atoms with Crippen LogP contribution >= 0.6 is 11.6 Å². The zero-order valence-electron chi connectivity index (χ0n) is 15.4. The Hall–Kier alpha value is -2.38. The topological polar surface area (TPSA) is 75.5 Å². The first kappa shape index (κ1) is 18.0. The fourth-order valence-electron chi connectivity index (χ4n) is 3.55. The van der Waals surface area contributed by atoms with E-state index >= 15 is 0 Å². The van der Waals surface area contributed by atoms with Gasteiger partial charge < -0.3 is 9.64 Å². The van der Waals surface area contributed by atoms with Crippen molar-refractivity contribution >= 4 is 23.1 Å². The summed E-state index contributed by atoms with van der Waals surface area (Å²) >= 11 is 6.19. The number of rotatable bonds is 4. The van der Waals surface area contributed by atoms with Crippen molar-refractivity contribution in [2.45, 2.75) is 39.4 Å². The number of nitrogens with one attached hydrogen (secondary N) is 1. The van der Waals surface area contributed by atoms with E-state index in [0.717, 1.165) is 36.5 Å². The van der Waals surface area contributed by atoms with Crippen LogP contribution in [-0.2, 0) is 11.3 Å². The van der Waals surface area contributed by atoms with Gasteiger partial charge in [-0.1, -0.05) is 29.8 Å². The maximum Gasteiger partial charge on any atom is 0.297 e. The van der Waals surface area contributed by atoms with Gasteiger partial charge in [-0.15, -0.1) is 0 Å². The summed E-state index contributed by atoms with van der Waals surface area (Å²) in [4.78, 5) is 23.7. The van der Waals surface area contributed by atoms with Gasteiger partial charge in [-0.2, -0.15) is 9.50 Å². The smallest absolute Gasteiger partial charge is 0.297 e. The predicted octanol–water partition coefficient (Wildman–Crippen LogP) is 2.87. The Morgan fingerprint density at radius 3 is 2.70 bits per heavy atom. The number of nitrogens with zero attached hydrogens (tertiary/aromatic N) is 4. The Kier molecular flexibility index (Phi) is 4.88. The predicted molar refractivity (Wildman–Crippen MR) is 105 cm³/mol. The van der Waals surface area contributed by atoms with Gasteiger partial charge in [0.05, 0.1) is 18.4 Å². The van der Waals surface area contributed by atoms with Crippen LogP contribution in [0.5, 0.6) is 0 Å². The number of halogens is 1. The van der Waals surface area contributed by atoms with Crippen LogP contribution in [0, 0.1) is 13.8 Å². The van der Waals surface area contributed by atoms with Gasteiger partial charge >= 0.3 is 0 Å². The first-order valence-corrected chi connectivity index (χ1v) is 9.46. The molecule has 0 aliphatic carbocycles. The van der Waals surface area contributed by atoms with E-state index in [1.165, 1.54) is 4.52 Å².